The van der Waals surface area contributed by atoms with E-state index in [1.54, 1.807) is 12.3 Å². The second kappa shape index (κ2) is 8.86. The van der Waals surface area contributed by atoms with Crippen molar-refractivity contribution in [3.05, 3.63) is 99.7 Å². The van der Waals surface area contributed by atoms with Gasteiger partial charge in [0.25, 0.3) is 11.5 Å². The van der Waals surface area contributed by atoms with Crippen molar-refractivity contribution >= 4 is 16.9 Å². The fourth-order valence-electron chi connectivity index (χ4n) is 8.40. The molecule has 8 heteroatoms. The maximum atomic E-state index is 13.7. The van der Waals surface area contributed by atoms with Crippen molar-refractivity contribution < 1.29 is 13.6 Å². The summed E-state index contributed by atoms with van der Waals surface area (Å²) < 4.78 is 28.3. The van der Waals surface area contributed by atoms with Gasteiger partial charge in [-0.1, -0.05) is 6.07 Å². The number of fused-ring (bicyclic) bond motifs is 1. The predicted molar refractivity (Wildman–Crippen MR) is 143 cm³/mol. The molecule has 0 aliphatic heterocycles. The molecule has 4 fully saturated rings. The standard InChI is InChI=1S/C31H30F2N4O2/c32-25-6-5-19(10-26(25)33)16-37-8-2-4-23(29(37)39)28(38)36-18-30-11-20-9-21(12-30)14-31(13-20,17-30)24-15-35-27-22(24)3-1-7-34-27/h1-8,10,15,20-21H,9,11-14,16-18H2,(H,34,35)(H,36,38). The van der Waals surface area contributed by atoms with Gasteiger partial charge in [0, 0.05) is 30.5 Å². The van der Waals surface area contributed by atoms with E-state index in [1.807, 2.05) is 12.3 Å². The maximum Gasteiger partial charge on any atom is 0.263 e. The molecule has 200 valence electrons. The van der Waals surface area contributed by atoms with E-state index in [2.05, 4.69) is 27.5 Å². The third kappa shape index (κ3) is 4.08. The zero-order chi connectivity index (χ0) is 26.8. The van der Waals surface area contributed by atoms with Crippen LogP contribution < -0.4 is 10.9 Å². The van der Waals surface area contributed by atoms with Crippen LogP contribution in [0.4, 0.5) is 8.78 Å². The van der Waals surface area contributed by atoms with Gasteiger partial charge in [-0.15, -0.1) is 0 Å². The van der Waals surface area contributed by atoms with Crippen LogP contribution in [-0.4, -0.2) is 27.0 Å². The number of benzene rings is 1. The molecule has 0 saturated heterocycles. The molecule has 2 N–H and O–H groups in total. The molecule has 39 heavy (non-hydrogen) atoms. The number of nitrogens with one attached hydrogen (secondary N) is 2. The van der Waals surface area contributed by atoms with Crippen molar-refractivity contribution in [1.82, 2.24) is 19.9 Å². The monoisotopic (exact) mass is 528 g/mol. The zero-order valence-corrected chi connectivity index (χ0v) is 21.6. The summed E-state index contributed by atoms with van der Waals surface area (Å²) in [6, 6.07) is 10.9. The number of nitrogens with zero attached hydrogens (tertiary/aromatic N) is 2. The Balaban J connectivity index is 1.12. The van der Waals surface area contributed by atoms with Crippen LogP contribution in [0.5, 0.6) is 0 Å². The average Bonchev–Trinajstić information content (AvgIpc) is 3.35. The van der Waals surface area contributed by atoms with E-state index in [0.29, 0.717) is 23.9 Å². The van der Waals surface area contributed by atoms with Crippen LogP contribution in [0, 0.1) is 28.9 Å². The second-order valence-electron chi connectivity index (χ2n) is 12.1. The van der Waals surface area contributed by atoms with Gasteiger partial charge in [0.05, 0.1) is 6.54 Å². The molecule has 0 radical (unpaired) electrons. The van der Waals surface area contributed by atoms with Crippen molar-refractivity contribution in [2.24, 2.45) is 17.3 Å². The van der Waals surface area contributed by atoms with Gasteiger partial charge in [0.2, 0.25) is 0 Å². The molecule has 1 amide bonds. The van der Waals surface area contributed by atoms with Crippen molar-refractivity contribution in [3.63, 3.8) is 0 Å². The highest BCUT2D eigenvalue weighted by atomic mass is 19.2. The first-order valence-corrected chi connectivity index (χ1v) is 13.7. The van der Waals surface area contributed by atoms with E-state index in [0.717, 1.165) is 37.0 Å². The summed E-state index contributed by atoms with van der Waals surface area (Å²) in [6.45, 7) is 0.588. The SMILES string of the molecule is O=C(NCC12CC3CC(C1)CC(c1c[nH]c4ncccc14)(C3)C2)c1cccn(Cc2ccc(F)c(F)c2)c1=O. The Morgan fingerprint density at radius 2 is 1.90 bits per heavy atom. The van der Waals surface area contributed by atoms with E-state index >= 15 is 0 Å². The molecular weight excluding hydrogens is 498 g/mol. The second-order valence-corrected chi connectivity index (χ2v) is 12.1. The third-order valence-electron chi connectivity index (χ3n) is 9.43. The summed E-state index contributed by atoms with van der Waals surface area (Å²) >= 11 is 0. The average molecular weight is 529 g/mol. The highest BCUT2D eigenvalue weighted by Gasteiger charge is 2.58. The van der Waals surface area contributed by atoms with Gasteiger partial charge >= 0.3 is 0 Å². The Kier molecular flexibility index (Phi) is 5.51. The van der Waals surface area contributed by atoms with Gasteiger partial charge in [-0.25, -0.2) is 13.8 Å². The minimum atomic E-state index is -0.966. The minimum absolute atomic E-state index is 0.00495. The van der Waals surface area contributed by atoms with Crippen LogP contribution in [0.3, 0.4) is 0 Å². The molecule has 4 aliphatic carbocycles. The molecule has 8 rings (SSSR count). The topological polar surface area (TPSA) is 79.8 Å². The number of hydrogen-bond acceptors (Lipinski definition) is 3. The van der Waals surface area contributed by atoms with Gasteiger partial charge in [0.1, 0.15) is 11.2 Å². The molecule has 6 nitrogen and oxygen atoms in total. The molecule has 4 aliphatic rings. The number of pyridine rings is 2. The van der Waals surface area contributed by atoms with Gasteiger partial charge in [-0.3, -0.25) is 9.59 Å². The van der Waals surface area contributed by atoms with E-state index in [1.165, 1.54) is 46.9 Å². The fraction of sp³-hybridized carbons (Fsp3) is 0.387. The number of carbonyl (C=O) groups excluding carboxylic acids is 1. The highest BCUT2D eigenvalue weighted by Crippen LogP contribution is 2.66. The van der Waals surface area contributed by atoms with Crippen LogP contribution in [0.1, 0.15) is 60.0 Å². The lowest BCUT2D eigenvalue weighted by Crippen LogP contribution is -2.57. The largest absolute Gasteiger partial charge is 0.351 e. The van der Waals surface area contributed by atoms with Crippen LogP contribution in [0.25, 0.3) is 11.0 Å². The lowest BCUT2D eigenvalue weighted by molar-refractivity contribution is -0.0692. The van der Waals surface area contributed by atoms with Crippen LogP contribution in [0.2, 0.25) is 0 Å². The predicted octanol–water partition coefficient (Wildman–Crippen LogP) is 5.32. The van der Waals surface area contributed by atoms with E-state index in [9.17, 15) is 18.4 Å². The van der Waals surface area contributed by atoms with Crippen LogP contribution in [-0.2, 0) is 12.0 Å². The Morgan fingerprint density at radius 3 is 2.69 bits per heavy atom. The number of aromatic amines is 1. The Hall–Kier alpha value is -3.81. The third-order valence-corrected chi connectivity index (χ3v) is 9.43. The van der Waals surface area contributed by atoms with Gasteiger partial charge in [0.15, 0.2) is 11.6 Å². The number of H-pyrrole nitrogens is 1. The van der Waals surface area contributed by atoms with Crippen LogP contribution in [0.15, 0.2) is 65.8 Å². The Bertz CT molecular complexity index is 1640. The molecule has 2 unspecified atom stereocenters. The Morgan fingerprint density at radius 1 is 1.08 bits per heavy atom. The first-order chi connectivity index (χ1) is 18.8. The van der Waals surface area contributed by atoms with Crippen LogP contribution >= 0.6 is 0 Å². The first kappa shape index (κ1) is 24.2. The number of hydrogen-bond donors (Lipinski definition) is 2. The number of carbonyl (C=O) groups is 1. The number of halogens is 2. The zero-order valence-electron chi connectivity index (χ0n) is 21.6. The van der Waals surface area contributed by atoms with E-state index in [-0.39, 0.29) is 28.8 Å². The lowest BCUT2D eigenvalue weighted by atomic mass is 9.43. The fourth-order valence-corrected chi connectivity index (χ4v) is 8.40. The summed E-state index contributed by atoms with van der Waals surface area (Å²) in [5.74, 6) is -1.02. The summed E-state index contributed by atoms with van der Waals surface area (Å²) in [6.07, 6.45) is 12.3. The van der Waals surface area contributed by atoms with Gasteiger partial charge in [-0.2, -0.15) is 0 Å². The molecule has 1 aromatic carbocycles. The van der Waals surface area contributed by atoms with Gasteiger partial charge < -0.3 is 14.9 Å². The summed E-state index contributed by atoms with van der Waals surface area (Å²) in [7, 11) is 0. The molecular formula is C31H30F2N4O2. The lowest BCUT2D eigenvalue weighted by Gasteiger charge is -2.62. The molecule has 2 atom stereocenters. The Labute approximate surface area is 224 Å². The molecule has 3 aromatic heterocycles. The first-order valence-electron chi connectivity index (χ1n) is 13.7. The summed E-state index contributed by atoms with van der Waals surface area (Å²) in [5, 5.41) is 4.32. The smallest absolute Gasteiger partial charge is 0.263 e. The van der Waals surface area contributed by atoms with Crippen molar-refractivity contribution in [3.8, 4) is 0 Å². The minimum Gasteiger partial charge on any atom is -0.351 e. The number of rotatable bonds is 6. The van der Waals surface area contributed by atoms with Gasteiger partial charge in [-0.05, 0) is 109 Å². The van der Waals surface area contributed by atoms with Crippen molar-refractivity contribution in [2.45, 2.75) is 50.5 Å². The summed E-state index contributed by atoms with van der Waals surface area (Å²) in [5.41, 5.74) is 2.42. The quantitative estimate of drug-likeness (QED) is 0.356. The maximum absolute atomic E-state index is 13.7. The molecule has 0 spiro atoms. The molecule has 4 bridgehead atoms. The highest BCUT2D eigenvalue weighted by molar-refractivity contribution is 5.93. The van der Waals surface area contributed by atoms with Crippen molar-refractivity contribution in [1.29, 1.82) is 0 Å². The summed E-state index contributed by atoms with van der Waals surface area (Å²) in [4.78, 5) is 34.3. The normalized spacial score (nSPS) is 27.2. The molecule has 4 aromatic rings. The molecule has 4 saturated carbocycles. The number of amides is 1. The number of aromatic nitrogens is 3. The molecule has 3 heterocycles. The van der Waals surface area contributed by atoms with Crippen molar-refractivity contribution in [2.75, 3.05) is 6.54 Å². The van der Waals surface area contributed by atoms with E-state index in [4.69, 9.17) is 0 Å². The van der Waals surface area contributed by atoms with E-state index < -0.39 is 17.2 Å².